The number of methoxy groups -OCH3 is 1. The molecule has 1 saturated heterocycles. The molecule has 4 rings (SSSR count). The van der Waals surface area contributed by atoms with Crippen LogP contribution in [0.1, 0.15) is 11.1 Å². The van der Waals surface area contributed by atoms with Gasteiger partial charge in [0, 0.05) is 10.2 Å². The molecule has 3 aromatic carbocycles. The molecule has 1 aliphatic rings. The number of nitrogens with one attached hydrogen (secondary N) is 1. The van der Waals surface area contributed by atoms with Crippen molar-refractivity contribution in [2.45, 2.75) is 6.92 Å². The second kappa shape index (κ2) is 11.5. The van der Waals surface area contributed by atoms with Gasteiger partial charge in [0.15, 0.2) is 22.4 Å². The number of ether oxygens (including phenoxy) is 2. The second-order valence-electron chi connectivity index (χ2n) is 7.68. The van der Waals surface area contributed by atoms with Crippen LogP contribution in [-0.2, 0) is 9.59 Å². The van der Waals surface area contributed by atoms with Gasteiger partial charge in [0.05, 0.1) is 22.7 Å². The van der Waals surface area contributed by atoms with Gasteiger partial charge >= 0.3 is 0 Å². The molecule has 1 heterocycles. The molecule has 10 heteroatoms. The number of hydrogen-bond acceptors (Lipinski definition) is 6. The molecule has 0 aliphatic carbocycles. The highest BCUT2D eigenvalue weighted by Gasteiger charge is 2.33. The number of hydrogen-bond donors (Lipinski definition) is 1. The van der Waals surface area contributed by atoms with E-state index < -0.39 is 0 Å². The summed E-state index contributed by atoms with van der Waals surface area (Å²) in [6.45, 7) is 1.73. The summed E-state index contributed by atoms with van der Waals surface area (Å²) in [6.07, 6.45) is 1.73. The molecule has 1 fully saturated rings. The number of amides is 2. The van der Waals surface area contributed by atoms with Crippen molar-refractivity contribution in [2.75, 3.05) is 23.9 Å². The van der Waals surface area contributed by atoms with Gasteiger partial charge in [0.25, 0.3) is 11.8 Å². The first-order chi connectivity index (χ1) is 17.3. The van der Waals surface area contributed by atoms with E-state index in [1.165, 1.54) is 23.8 Å². The largest absolute Gasteiger partial charge is 0.493 e. The molecule has 6 nitrogen and oxygen atoms in total. The predicted molar refractivity (Wildman–Crippen MR) is 153 cm³/mol. The van der Waals surface area contributed by atoms with Crippen LogP contribution in [0.2, 0.25) is 5.02 Å². The Bertz CT molecular complexity index is 1400. The van der Waals surface area contributed by atoms with E-state index in [-0.39, 0.29) is 18.4 Å². The molecule has 36 heavy (non-hydrogen) atoms. The monoisotopic (exact) mass is 602 g/mol. The SMILES string of the molecule is COc1cc(/C=C2\SC(=S)N(c3ccc(Br)c(Cl)c3)C2=O)ccc1OCC(=O)Nc1ccccc1C. The Morgan fingerprint density at radius 3 is 2.67 bits per heavy atom. The van der Waals surface area contributed by atoms with Gasteiger partial charge in [-0.15, -0.1) is 0 Å². The maximum absolute atomic E-state index is 13.1. The fourth-order valence-electron chi connectivity index (χ4n) is 3.40. The Morgan fingerprint density at radius 1 is 1.17 bits per heavy atom. The molecule has 0 bridgehead atoms. The van der Waals surface area contributed by atoms with Crippen molar-refractivity contribution >= 4 is 85.1 Å². The molecular weight excluding hydrogens is 584 g/mol. The van der Waals surface area contributed by atoms with Crippen molar-refractivity contribution in [2.24, 2.45) is 0 Å². The van der Waals surface area contributed by atoms with Crippen molar-refractivity contribution in [1.29, 1.82) is 0 Å². The zero-order valence-corrected chi connectivity index (χ0v) is 23.2. The highest BCUT2D eigenvalue weighted by Crippen LogP contribution is 2.39. The first-order valence-electron chi connectivity index (χ1n) is 10.7. The average Bonchev–Trinajstić information content (AvgIpc) is 3.13. The lowest BCUT2D eigenvalue weighted by molar-refractivity contribution is -0.118. The number of thiocarbonyl (C=S) groups is 1. The normalized spacial score (nSPS) is 14.3. The topological polar surface area (TPSA) is 67.9 Å². The van der Waals surface area contributed by atoms with Crippen molar-refractivity contribution < 1.29 is 19.1 Å². The van der Waals surface area contributed by atoms with Crippen LogP contribution in [0.5, 0.6) is 11.5 Å². The number of anilines is 2. The fraction of sp³-hybridized carbons (Fsp3) is 0.115. The number of carbonyl (C=O) groups excluding carboxylic acids is 2. The predicted octanol–water partition coefficient (Wildman–Crippen LogP) is 6.84. The van der Waals surface area contributed by atoms with Gasteiger partial charge in [-0.05, 0) is 76.5 Å². The number of rotatable bonds is 7. The number of carbonyl (C=O) groups is 2. The maximum Gasteiger partial charge on any atom is 0.270 e. The van der Waals surface area contributed by atoms with Crippen molar-refractivity contribution in [1.82, 2.24) is 0 Å². The lowest BCUT2D eigenvalue weighted by atomic mass is 10.1. The van der Waals surface area contributed by atoms with Gasteiger partial charge in [-0.2, -0.15) is 0 Å². The molecule has 1 N–H and O–H groups in total. The molecule has 2 amide bonds. The van der Waals surface area contributed by atoms with E-state index in [0.29, 0.717) is 31.4 Å². The molecule has 0 unspecified atom stereocenters. The van der Waals surface area contributed by atoms with Crippen LogP contribution >= 0.6 is 51.5 Å². The van der Waals surface area contributed by atoms with Gasteiger partial charge < -0.3 is 14.8 Å². The molecule has 0 radical (unpaired) electrons. The van der Waals surface area contributed by atoms with E-state index in [1.807, 2.05) is 31.2 Å². The summed E-state index contributed by atoms with van der Waals surface area (Å²) in [5, 5.41) is 3.31. The highest BCUT2D eigenvalue weighted by atomic mass is 79.9. The Kier molecular flexibility index (Phi) is 8.35. The molecule has 0 spiro atoms. The van der Waals surface area contributed by atoms with E-state index in [2.05, 4.69) is 21.2 Å². The third kappa shape index (κ3) is 5.92. The van der Waals surface area contributed by atoms with Crippen LogP contribution in [0.15, 0.2) is 70.0 Å². The maximum atomic E-state index is 13.1. The highest BCUT2D eigenvalue weighted by molar-refractivity contribution is 9.10. The standard InChI is InChI=1S/C26H20BrClN2O4S2/c1-15-5-3-4-6-20(15)29-24(31)14-34-21-10-7-16(11-22(21)33-2)12-23-25(32)30(26(35)36-23)17-8-9-18(27)19(28)13-17/h3-13H,14H2,1-2H3,(H,29,31)/b23-12-. The Balaban J connectivity index is 1.47. The van der Waals surface area contributed by atoms with Crippen molar-refractivity contribution in [3.05, 3.63) is 86.2 Å². The van der Waals surface area contributed by atoms with Crippen molar-refractivity contribution in [3.63, 3.8) is 0 Å². The second-order valence-corrected chi connectivity index (χ2v) is 10.6. The first kappa shape index (κ1) is 26.2. The molecule has 0 aromatic heterocycles. The van der Waals surface area contributed by atoms with Gasteiger partial charge in [-0.25, -0.2) is 0 Å². The van der Waals surface area contributed by atoms with E-state index in [1.54, 1.807) is 42.5 Å². The zero-order chi connectivity index (χ0) is 25.8. The van der Waals surface area contributed by atoms with Crippen LogP contribution in [0.4, 0.5) is 11.4 Å². The Hall–Kier alpha value is -2.85. The molecule has 3 aromatic rings. The summed E-state index contributed by atoms with van der Waals surface area (Å²) >= 11 is 16.2. The molecule has 1 aliphatic heterocycles. The molecule has 0 saturated carbocycles. The molecular formula is C26H20BrClN2O4S2. The van der Waals surface area contributed by atoms with Crippen LogP contribution < -0.4 is 19.7 Å². The summed E-state index contributed by atoms with van der Waals surface area (Å²) in [7, 11) is 1.51. The smallest absolute Gasteiger partial charge is 0.270 e. The van der Waals surface area contributed by atoms with E-state index >= 15 is 0 Å². The number of halogens is 2. The van der Waals surface area contributed by atoms with Gasteiger partial charge in [-0.3, -0.25) is 14.5 Å². The van der Waals surface area contributed by atoms with E-state index in [9.17, 15) is 9.59 Å². The summed E-state index contributed by atoms with van der Waals surface area (Å²) in [4.78, 5) is 27.3. The van der Waals surface area contributed by atoms with Gasteiger partial charge in [0.2, 0.25) is 0 Å². The first-order valence-corrected chi connectivity index (χ1v) is 13.1. The minimum Gasteiger partial charge on any atom is -0.493 e. The number of para-hydroxylation sites is 1. The minimum absolute atomic E-state index is 0.182. The van der Waals surface area contributed by atoms with Gasteiger partial charge in [-0.1, -0.05) is 59.8 Å². The van der Waals surface area contributed by atoms with E-state index in [0.717, 1.165) is 21.3 Å². The fourth-order valence-corrected chi connectivity index (χ4v) is 5.12. The number of benzene rings is 3. The number of thioether (sulfide) groups is 1. The van der Waals surface area contributed by atoms with Crippen molar-refractivity contribution in [3.8, 4) is 11.5 Å². The summed E-state index contributed by atoms with van der Waals surface area (Å²) < 4.78 is 12.3. The number of nitrogens with zero attached hydrogens (tertiary/aromatic N) is 1. The third-order valence-electron chi connectivity index (χ3n) is 5.22. The molecule has 184 valence electrons. The zero-order valence-electron chi connectivity index (χ0n) is 19.2. The van der Waals surface area contributed by atoms with Crippen LogP contribution in [0.3, 0.4) is 0 Å². The van der Waals surface area contributed by atoms with Crippen LogP contribution in [0.25, 0.3) is 6.08 Å². The van der Waals surface area contributed by atoms with E-state index in [4.69, 9.17) is 33.3 Å². The summed E-state index contributed by atoms with van der Waals surface area (Å²) in [6, 6.07) is 17.9. The number of aryl methyl sites for hydroxylation is 1. The molecule has 0 atom stereocenters. The Morgan fingerprint density at radius 2 is 1.94 bits per heavy atom. The summed E-state index contributed by atoms with van der Waals surface area (Å²) in [5.41, 5.74) is 3.01. The van der Waals surface area contributed by atoms with Crippen LogP contribution in [-0.4, -0.2) is 29.9 Å². The average molecular weight is 604 g/mol. The van der Waals surface area contributed by atoms with Crippen LogP contribution in [0, 0.1) is 6.92 Å². The lowest BCUT2D eigenvalue weighted by Crippen LogP contribution is -2.27. The third-order valence-corrected chi connectivity index (χ3v) is 7.75. The summed E-state index contributed by atoms with van der Waals surface area (Å²) in [5.74, 6) is 0.317. The minimum atomic E-state index is -0.285. The Labute approximate surface area is 231 Å². The van der Waals surface area contributed by atoms with Gasteiger partial charge in [0.1, 0.15) is 0 Å². The lowest BCUT2D eigenvalue weighted by Gasteiger charge is -2.15. The quantitative estimate of drug-likeness (QED) is 0.236.